The Kier molecular flexibility index (Phi) is 7.16. The first kappa shape index (κ1) is 14.4. The summed E-state index contributed by atoms with van der Waals surface area (Å²) in [5.74, 6) is 0.0444. The molecule has 100 valence electrons. The molecule has 0 radical (unpaired) electrons. The van der Waals surface area contributed by atoms with Crippen molar-refractivity contribution in [2.24, 2.45) is 0 Å². The van der Waals surface area contributed by atoms with E-state index in [-0.39, 0.29) is 18.6 Å². The Labute approximate surface area is 103 Å². The standard InChI is InChI=1S/C12H23NO4/c1-16-9-6-13(5-7-14)12(15)10-11-4-2-3-8-17-11/h11,14H,2-10H2,1H3. The molecule has 5 heteroatoms. The van der Waals surface area contributed by atoms with Crippen molar-refractivity contribution in [1.82, 2.24) is 4.90 Å². The molecular weight excluding hydrogens is 222 g/mol. The summed E-state index contributed by atoms with van der Waals surface area (Å²) >= 11 is 0. The van der Waals surface area contributed by atoms with Gasteiger partial charge in [-0.15, -0.1) is 0 Å². The third-order valence-corrected chi connectivity index (χ3v) is 2.96. The van der Waals surface area contributed by atoms with Gasteiger partial charge >= 0.3 is 0 Å². The molecular formula is C12H23NO4. The molecule has 0 bridgehead atoms. The fourth-order valence-corrected chi connectivity index (χ4v) is 1.98. The Balaban J connectivity index is 2.34. The van der Waals surface area contributed by atoms with E-state index in [1.54, 1.807) is 12.0 Å². The van der Waals surface area contributed by atoms with Gasteiger partial charge in [-0.05, 0) is 19.3 Å². The van der Waals surface area contributed by atoms with E-state index < -0.39 is 0 Å². The molecule has 1 heterocycles. The van der Waals surface area contributed by atoms with E-state index in [1.807, 2.05) is 0 Å². The monoisotopic (exact) mass is 245 g/mol. The van der Waals surface area contributed by atoms with E-state index in [9.17, 15) is 4.79 Å². The molecule has 1 rings (SSSR count). The van der Waals surface area contributed by atoms with Gasteiger partial charge in [0.15, 0.2) is 0 Å². The lowest BCUT2D eigenvalue weighted by atomic mass is 10.1. The van der Waals surface area contributed by atoms with E-state index in [4.69, 9.17) is 14.6 Å². The van der Waals surface area contributed by atoms with Crippen LogP contribution in [0.25, 0.3) is 0 Å². The van der Waals surface area contributed by atoms with Crippen LogP contribution in [0.2, 0.25) is 0 Å². The van der Waals surface area contributed by atoms with Crippen molar-refractivity contribution >= 4 is 5.91 Å². The molecule has 1 N–H and O–H groups in total. The van der Waals surface area contributed by atoms with Gasteiger partial charge in [0, 0.05) is 26.8 Å². The quantitative estimate of drug-likeness (QED) is 0.706. The van der Waals surface area contributed by atoms with Crippen LogP contribution in [-0.4, -0.2) is 62.0 Å². The van der Waals surface area contributed by atoms with E-state index in [0.29, 0.717) is 26.1 Å². The van der Waals surface area contributed by atoms with Gasteiger partial charge in [-0.25, -0.2) is 0 Å². The molecule has 0 saturated carbocycles. The van der Waals surface area contributed by atoms with Crippen molar-refractivity contribution in [3.8, 4) is 0 Å². The zero-order valence-electron chi connectivity index (χ0n) is 10.6. The maximum Gasteiger partial charge on any atom is 0.225 e. The van der Waals surface area contributed by atoms with E-state index >= 15 is 0 Å². The largest absolute Gasteiger partial charge is 0.395 e. The molecule has 1 atom stereocenters. The van der Waals surface area contributed by atoms with Crippen LogP contribution in [0, 0.1) is 0 Å². The number of nitrogens with zero attached hydrogens (tertiary/aromatic N) is 1. The average Bonchev–Trinajstić information content (AvgIpc) is 2.35. The van der Waals surface area contributed by atoms with Crippen LogP contribution in [0.1, 0.15) is 25.7 Å². The molecule has 5 nitrogen and oxygen atoms in total. The van der Waals surface area contributed by atoms with Crippen LogP contribution in [-0.2, 0) is 14.3 Å². The van der Waals surface area contributed by atoms with Gasteiger partial charge in [-0.3, -0.25) is 4.79 Å². The average molecular weight is 245 g/mol. The third kappa shape index (κ3) is 5.48. The highest BCUT2D eigenvalue weighted by Gasteiger charge is 2.21. The summed E-state index contributed by atoms with van der Waals surface area (Å²) < 4.78 is 10.5. The van der Waals surface area contributed by atoms with Crippen molar-refractivity contribution in [2.75, 3.05) is 40.0 Å². The Morgan fingerprint density at radius 2 is 2.29 bits per heavy atom. The lowest BCUT2D eigenvalue weighted by Gasteiger charge is -2.26. The van der Waals surface area contributed by atoms with E-state index in [1.165, 1.54) is 0 Å². The number of ether oxygens (including phenoxy) is 2. The Bertz CT molecular complexity index is 217. The van der Waals surface area contributed by atoms with Gasteiger partial charge in [0.25, 0.3) is 0 Å². The van der Waals surface area contributed by atoms with Gasteiger partial charge in [0.05, 0.1) is 25.7 Å². The predicted octanol–water partition coefficient (Wildman–Crippen LogP) is 0.413. The molecule has 0 aromatic carbocycles. The van der Waals surface area contributed by atoms with Crippen LogP contribution in [0.4, 0.5) is 0 Å². The summed E-state index contributed by atoms with van der Waals surface area (Å²) in [6.07, 6.45) is 3.66. The van der Waals surface area contributed by atoms with Crippen molar-refractivity contribution < 1.29 is 19.4 Å². The number of rotatable bonds is 7. The first-order chi connectivity index (χ1) is 8.27. The summed E-state index contributed by atoms with van der Waals surface area (Å²) in [7, 11) is 1.60. The molecule has 0 aliphatic carbocycles. The number of carbonyl (C=O) groups excluding carboxylic acids is 1. The van der Waals surface area contributed by atoms with Gasteiger partial charge in [-0.1, -0.05) is 0 Å². The van der Waals surface area contributed by atoms with Crippen LogP contribution < -0.4 is 0 Å². The topological polar surface area (TPSA) is 59.0 Å². The first-order valence-electron chi connectivity index (χ1n) is 6.27. The van der Waals surface area contributed by atoms with Crippen LogP contribution in [0.5, 0.6) is 0 Å². The lowest BCUT2D eigenvalue weighted by Crippen LogP contribution is -2.38. The second-order valence-corrected chi connectivity index (χ2v) is 4.29. The van der Waals surface area contributed by atoms with E-state index in [2.05, 4.69) is 0 Å². The summed E-state index contributed by atoms with van der Waals surface area (Å²) in [6.45, 7) is 2.14. The zero-order valence-corrected chi connectivity index (χ0v) is 10.6. The smallest absolute Gasteiger partial charge is 0.225 e. The molecule has 0 spiro atoms. The lowest BCUT2D eigenvalue weighted by molar-refractivity contribution is -0.136. The molecule has 17 heavy (non-hydrogen) atoms. The summed E-state index contributed by atoms with van der Waals surface area (Å²) in [5, 5.41) is 8.92. The number of aliphatic hydroxyl groups is 1. The number of hydrogen-bond donors (Lipinski definition) is 1. The molecule has 1 amide bonds. The van der Waals surface area contributed by atoms with Crippen LogP contribution in [0.15, 0.2) is 0 Å². The summed E-state index contributed by atoms with van der Waals surface area (Å²) in [5.41, 5.74) is 0. The van der Waals surface area contributed by atoms with Crippen LogP contribution in [0.3, 0.4) is 0 Å². The molecule has 1 unspecified atom stereocenters. The fourth-order valence-electron chi connectivity index (χ4n) is 1.98. The predicted molar refractivity (Wildman–Crippen MR) is 63.7 cm³/mol. The SMILES string of the molecule is COCCN(CCO)C(=O)CC1CCCCO1. The van der Waals surface area contributed by atoms with Gasteiger partial charge in [0.2, 0.25) is 5.91 Å². The third-order valence-electron chi connectivity index (χ3n) is 2.96. The van der Waals surface area contributed by atoms with Crippen molar-refractivity contribution in [3.05, 3.63) is 0 Å². The minimum absolute atomic E-state index is 0.0129. The minimum atomic E-state index is -0.0129. The second-order valence-electron chi connectivity index (χ2n) is 4.29. The number of amides is 1. The van der Waals surface area contributed by atoms with E-state index in [0.717, 1.165) is 25.9 Å². The normalized spacial score (nSPS) is 20.2. The summed E-state index contributed by atoms with van der Waals surface area (Å²) in [4.78, 5) is 13.6. The molecule has 1 fully saturated rings. The number of methoxy groups -OCH3 is 1. The number of hydrogen-bond acceptors (Lipinski definition) is 4. The first-order valence-corrected chi connectivity index (χ1v) is 6.27. The second kappa shape index (κ2) is 8.44. The Hall–Kier alpha value is -0.650. The van der Waals surface area contributed by atoms with Crippen LogP contribution >= 0.6 is 0 Å². The highest BCUT2D eigenvalue weighted by atomic mass is 16.5. The van der Waals surface area contributed by atoms with Crippen molar-refractivity contribution in [1.29, 1.82) is 0 Å². The summed E-state index contributed by atoms with van der Waals surface area (Å²) in [6, 6.07) is 0. The molecule has 1 saturated heterocycles. The van der Waals surface area contributed by atoms with Gasteiger partial charge < -0.3 is 19.5 Å². The molecule has 0 aromatic heterocycles. The minimum Gasteiger partial charge on any atom is -0.395 e. The Morgan fingerprint density at radius 3 is 2.88 bits per heavy atom. The van der Waals surface area contributed by atoms with Crippen molar-refractivity contribution in [2.45, 2.75) is 31.8 Å². The molecule has 1 aliphatic heterocycles. The highest BCUT2D eigenvalue weighted by Crippen LogP contribution is 2.16. The van der Waals surface area contributed by atoms with Gasteiger partial charge in [-0.2, -0.15) is 0 Å². The number of aliphatic hydroxyl groups excluding tert-OH is 1. The fraction of sp³-hybridized carbons (Fsp3) is 0.917. The molecule has 1 aliphatic rings. The van der Waals surface area contributed by atoms with Gasteiger partial charge in [0.1, 0.15) is 0 Å². The highest BCUT2D eigenvalue weighted by molar-refractivity contribution is 5.76. The maximum atomic E-state index is 12.0. The molecule has 0 aromatic rings. The van der Waals surface area contributed by atoms with Crippen molar-refractivity contribution in [3.63, 3.8) is 0 Å². The number of carbonyl (C=O) groups is 1. The zero-order chi connectivity index (χ0) is 12.5. The maximum absolute atomic E-state index is 12.0. The Morgan fingerprint density at radius 1 is 1.47 bits per heavy atom.